The summed E-state index contributed by atoms with van der Waals surface area (Å²) in [7, 11) is 1.86. The van der Waals surface area contributed by atoms with Gasteiger partial charge in [-0.15, -0.1) is 0 Å². The number of aryl methyl sites for hydroxylation is 1. The van der Waals surface area contributed by atoms with Gasteiger partial charge in [-0.3, -0.25) is 4.98 Å². The van der Waals surface area contributed by atoms with Crippen molar-refractivity contribution in [3.8, 4) is 0 Å². The van der Waals surface area contributed by atoms with Crippen molar-refractivity contribution in [2.45, 2.75) is 58.1 Å². The first-order valence-corrected chi connectivity index (χ1v) is 7.82. The highest BCUT2D eigenvalue weighted by atomic mass is 16.5. The molecule has 1 fully saturated rings. The standard InChI is InChI=1S/C17H28N2O/c1-5-18-16(15-7-6-14(3)19-12-15)17(20-4)10-8-13(2)9-11-17/h6-7,12-13,16,18H,5,8-11H2,1-4H3. The molecule has 1 atom stereocenters. The summed E-state index contributed by atoms with van der Waals surface area (Å²) in [5, 5.41) is 3.63. The van der Waals surface area contributed by atoms with Gasteiger partial charge in [0.2, 0.25) is 0 Å². The largest absolute Gasteiger partial charge is 0.376 e. The minimum absolute atomic E-state index is 0.0839. The number of hydrogen-bond donors (Lipinski definition) is 1. The van der Waals surface area contributed by atoms with Gasteiger partial charge in [-0.05, 0) is 56.7 Å². The number of methoxy groups -OCH3 is 1. The Morgan fingerprint density at radius 3 is 2.60 bits per heavy atom. The summed E-state index contributed by atoms with van der Waals surface area (Å²) in [5.74, 6) is 0.816. The molecule has 1 unspecified atom stereocenters. The Hall–Kier alpha value is -0.930. The second kappa shape index (κ2) is 6.68. The van der Waals surface area contributed by atoms with Crippen LogP contribution >= 0.6 is 0 Å². The van der Waals surface area contributed by atoms with Crippen molar-refractivity contribution < 1.29 is 4.74 Å². The second-order valence-electron chi connectivity index (χ2n) is 6.18. The fourth-order valence-electron chi connectivity index (χ4n) is 3.32. The fourth-order valence-corrected chi connectivity index (χ4v) is 3.32. The first-order chi connectivity index (χ1) is 9.61. The molecule has 20 heavy (non-hydrogen) atoms. The van der Waals surface area contributed by atoms with Crippen LogP contribution < -0.4 is 5.32 Å². The number of rotatable bonds is 5. The van der Waals surface area contributed by atoms with E-state index >= 15 is 0 Å². The van der Waals surface area contributed by atoms with Gasteiger partial charge in [0.25, 0.3) is 0 Å². The van der Waals surface area contributed by atoms with Gasteiger partial charge in [0.05, 0.1) is 11.6 Å². The zero-order valence-electron chi connectivity index (χ0n) is 13.3. The quantitative estimate of drug-likeness (QED) is 0.891. The highest BCUT2D eigenvalue weighted by Gasteiger charge is 2.42. The van der Waals surface area contributed by atoms with Crippen LogP contribution in [0.15, 0.2) is 18.3 Å². The van der Waals surface area contributed by atoms with E-state index in [0.29, 0.717) is 0 Å². The molecule has 0 aliphatic heterocycles. The highest BCUT2D eigenvalue weighted by Crippen LogP contribution is 2.42. The van der Waals surface area contributed by atoms with E-state index in [1.54, 1.807) is 0 Å². The second-order valence-corrected chi connectivity index (χ2v) is 6.18. The minimum atomic E-state index is -0.0839. The van der Waals surface area contributed by atoms with E-state index in [2.05, 4.69) is 36.3 Å². The lowest BCUT2D eigenvalue weighted by atomic mass is 9.73. The molecule has 2 rings (SSSR count). The molecule has 1 saturated carbocycles. The Bertz CT molecular complexity index is 408. The Morgan fingerprint density at radius 1 is 1.40 bits per heavy atom. The Morgan fingerprint density at radius 2 is 2.10 bits per heavy atom. The molecular weight excluding hydrogens is 248 g/mol. The molecule has 1 aliphatic carbocycles. The lowest BCUT2D eigenvalue weighted by Crippen LogP contribution is -2.48. The van der Waals surface area contributed by atoms with Crippen LogP contribution in [0.1, 0.15) is 56.8 Å². The van der Waals surface area contributed by atoms with Crippen molar-refractivity contribution >= 4 is 0 Å². The molecular formula is C17H28N2O. The number of nitrogens with one attached hydrogen (secondary N) is 1. The third-order valence-electron chi connectivity index (χ3n) is 4.73. The summed E-state index contributed by atoms with van der Waals surface area (Å²) >= 11 is 0. The number of hydrogen-bond acceptors (Lipinski definition) is 3. The number of nitrogens with zero attached hydrogens (tertiary/aromatic N) is 1. The van der Waals surface area contributed by atoms with Crippen LogP contribution in [0.4, 0.5) is 0 Å². The van der Waals surface area contributed by atoms with Gasteiger partial charge in [0.1, 0.15) is 0 Å². The summed E-state index contributed by atoms with van der Waals surface area (Å²) in [6.07, 6.45) is 6.73. The Kier molecular flexibility index (Phi) is 5.17. The maximum atomic E-state index is 6.04. The molecule has 0 spiro atoms. The van der Waals surface area contributed by atoms with Crippen LogP contribution in [-0.4, -0.2) is 24.2 Å². The van der Waals surface area contributed by atoms with Crippen LogP contribution in [-0.2, 0) is 4.74 Å². The molecule has 0 aromatic carbocycles. The van der Waals surface area contributed by atoms with Crippen molar-refractivity contribution in [3.63, 3.8) is 0 Å². The Labute approximate surface area is 123 Å². The lowest BCUT2D eigenvalue weighted by molar-refractivity contribution is -0.0758. The van der Waals surface area contributed by atoms with Gasteiger partial charge >= 0.3 is 0 Å². The zero-order valence-corrected chi connectivity index (χ0v) is 13.3. The van der Waals surface area contributed by atoms with Crippen molar-refractivity contribution in [3.05, 3.63) is 29.6 Å². The number of ether oxygens (including phenoxy) is 1. The summed E-state index contributed by atoms with van der Waals surface area (Å²) in [5.41, 5.74) is 2.22. The maximum Gasteiger partial charge on any atom is 0.0873 e. The van der Waals surface area contributed by atoms with Gasteiger partial charge in [-0.25, -0.2) is 0 Å². The van der Waals surface area contributed by atoms with E-state index in [9.17, 15) is 0 Å². The summed E-state index contributed by atoms with van der Waals surface area (Å²) in [4.78, 5) is 4.46. The molecule has 1 heterocycles. The van der Waals surface area contributed by atoms with Gasteiger partial charge in [-0.1, -0.05) is 19.9 Å². The summed E-state index contributed by atoms with van der Waals surface area (Å²) in [6, 6.07) is 4.52. The molecule has 1 aliphatic rings. The van der Waals surface area contributed by atoms with E-state index in [1.165, 1.54) is 18.4 Å². The van der Waals surface area contributed by atoms with Gasteiger partial charge in [0.15, 0.2) is 0 Å². The number of aromatic nitrogens is 1. The molecule has 0 bridgehead atoms. The van der Waals surface area contributed by atoms with Gasteiger partial charge in [-0.2, -0.15) is 0 Å². The molecule has 0 radical (unpaired) electrons. The first-order valence-electron chi connectivity index (χ1n) is 7.82. The van der Waals surface area contributed by atoms with Crippen LogP contribution in [0.2, 0.25) is 0 Å². The normalized spacial score (nSPS) is 28.3. The molecule has 0 amide bonds. The van der Waals surface area contributed by atoms with Gasteiger partial charge in [0, 0.05) is 19.0 Å². The predicted molar refractivity (Wildman–Crippen MR) is 82.8 cm³/mol. The van der Waals surface area contributed by atoms with E-state index in [-0.39, 0.29) is 11.6 Å². The summed E-state index contributed by atoms with van der Waals surface area (Å²) < 4.78 is 6.04. The van der Waals surface area contributed by atoms with E-state index in [4.69, 9.17) is 4.74 Å². The molecule has 1 aromatic heterocycles. The maximum absolute atomic E-state index is 6.04. The summed E-state index contributed by atoms with van der Waals surface area (Å²) in [6.45, 7) is 7.47. The first kappa shape index (κ1) is 15.5. The van der Waals surface area contributed by atoms with Crippen LogP contribution in [0.25, 0.3) is 0 Å². The average Bonchev–Trinajstić information content (AvgIpc) is 2.47. The Balaban J connectivity index is 2.27. The highest BCUT2D eigenvalue weighted by molar-refractivity contribution is 5.21. The topological polar surface area (TPSA) is 34.2 Å². The third-order valence-corrected chi connectivity index (χ3v) is 4.73. The molecule has 0 saturated heterocycles. The lowest BCUT2D eigenvalue weighted by Gasteiger charge is -2.44. The average molecular weight is 276 g/mol. The van der Waals surface area contributed by atoms with Crippen LogP contribution in [0, 0.1) is 12.8 Å². The van der Waals surface area contributed by atoms with Crippen molar-refractivity contribution in [1.82, 2.24) is 10.3 Å². The van der Waals surface area contributed by atoms with Gasteiger partial charge < -0.3 is 10.1 Å². The zero-order chi connectivity index (χ0) is 14.6. The van der Waals surface area contributed by atoms with E-state index < -0.39 is 0 Å². The number of likely N-dealkylation sites (N-methyl/N-ethyl adjacent to an activating group) is 1. The van der Waals surface area contributed by atoms with Crippen molar-refractivity contribution in [2.24, 2.45) is 5.92 Å². The van der Waals surface area contributed by atoms with Crippen molar-refractivity contribution in [2.75, 3.05) is 13.7 Å². The number of pyridine rings is 1. The predicted octanol–water partition coefficient (Wildman–Crippen LogP) is 3.64. The van der Waals surface area contributed by atoms with E-state index in [0.717, 1.165) is 31.0 Å². The SMILES string of the molecule is CCNC(c1ccc(C)nc1)C1(OC)CCC(C)CC1. The monoisotopic (exact) mass is 276 g/mol. The smallest absolute Gasteiger partial charge is 0.0873 e. The minimum Gasteiger partial charge on any atom is -0.376 e. The molecule has 3 nitrogen and oxygen atoms in total. The van der Waals surface area contributed by atoms with E-state index in [1.807, 2.05) is 20.2 Å². The molecule has 3 heteroatoms. The van der Waals surface area contributed by atoms with Crippen molar-refractivity contribution in [1.29, 1.82) is 0 Å². The fraction of sp³-hybridized carbons (Fsp3) is 0.706. The van der Waals surface area contributed by atoms with Crippen LogP contribution in [0.3, 0.4) is 0 Å². The van der Waals surface area contributed by atoms with Crippen LogP contribution in [0.5, 0.6) is 0 Å². The molecule has 1 aromatic rings. The molecule has 1 N–H and O–H groups in total. The third kappa shape index (κ3) is 3.21. The molecule has 112 valence electrons.